The predicted molar refractivity (Wildman–Crippen MR) is 134 cm³/mol. The quantitative estimate of drug-likeness (QED) is 0.491. The Labute approximate surface area is 205 Å². The minimum Gasteiger partial charge on any atom is -0.484 e. The summed E-state index contributed by atoms with van der Waals surface area (Å²) < 4.78 is 38.6. The van der Waals surface area contributed by atoms with Gasteiger partial charge >= 0.3 is 0 Å². The first kappa shape index (κ1) is 24.2. The fourth-order valence-electron chi connectivity index (χ4n) is 3.37. The van der Waals surface area contributed by atoms with Gasteiger partial charge < -0.3 is 19.7 Å². The third-order valence-corrected chi connectivity index (χ3v) is 6.94. The van der Waals surface area contributed by atoms with Crippen molar-refractivity contribution in [2.24, 2.45) is 0 Å². The molecule has 0 fully saturated rings. The maximum absolute atomic E-state index is 12.6. The average molecular weight is 494 g/mol. The number of amides is 1. The molecule has 1 aliphatic heterocycles. The average Bonchev–Trinajstić information content (AvgIpc) is 3.15. The minimum absolute atomic E-state index is 0.0545. The summed E-state index contributed by atoms with van der Waals surface area (Å²) in [5.74, 6) is 0.423. The summed E-state index contributed by atoms with van der Waals surface area (Å²) in [6, 6.07) is 21.6. The highest BCUT2D eigenvalue weighted by atomic mass is 32.2. The van der Waals surface area contributed by atoms with Crippen LogP contribution in [0.1, 0.15) is 12.5 Å². The van der Waals surface area contributed by atoms with Crippen LogP contribution < -0.4 is 14.8 Å². The van der Waals surface area contributed by atoms with Crippen LogP contribution in [0.5, 0.6) is 5.75 Å². The molecule has 3 aromatic rings. The number of hydrogen-bond acceptors (Lipinski definition) is 6. The lowest BCUT2D eigenvalue weighted by molar-refractivity contribution is -0.118. The molecule has 4 rings (SSSR count). The lowest BCUT2D eigenvalue weighted by Crippen LogP contribution is -2.24. The molecule has 9 heteroatoms. The van der Waals surface area contributed by atoms with E-state index in [0.29, 0.717) is 17.1 Å². The zero-order valence-electron chi connectivity index (χ0n) is 19.7. The second kappa shape index (κ2) is 10.1. The van der Waals surface area contributed by atoms with Crippen molar-refractivity contribution in [3.63, 3.8) is 0 Å². The van der Waals surface area contributed by atoms with Crippen LogP contribution in [0.4, 0.5) is 5.69 Å². The second-order valence-corrected chi connectivity index (χ2v) is 9.93. The van der Waals surface area contributed by atoms with Crippen molar-refractivity contribution < 1.29 is 22.7 Å². The molecule has 0 saturated carbocycles. The number of aryl methyl sites for hydroxylation is 1. The third kappa shape index (κ3) is 5.93. The number of anilines is 1. The van der Waals surface area contributed by atoms with E-state index in [0.717, 1.165) is 11.1 Å². The first-order valence-corrected chi connectivity index (χ1v) is 12.5. The summed E-state index contributed by atoms with van der Waals surface area (Å²) in [4.78, 5) is 14.1. The molecule has 1 amide bonds. The van der Waals surface area contributed by atoms with E-state index < -0.39 is 10.0 Å². The number of carbonyl (C=O) groups excluding carboxylic acids is 1. The van der Waals surface area contributed by atoms with Gasteiger partial charge in [0.15, 0.2) is 13.3 Å². The summed E-state index contributed by atoms with van der Waals surface area (Å²) in [6.45, 7) is 3.92. The summed E-state index contributed by atoms with van der Waals surface area (Å²) in [5, 5.41) is 2.70. The van der Waals surface area contributed by atoms with Crippen LogP contribution in [-0.2, 0) is 19.6 Å². The highest BCUT2D eigenvalue weighted by molar-refractivity contribution is 7.89. The molecule has 0 aliphatic carbocycles. The number of carbonyl (C=O) groups is 1. The molecular weight excluding hydrogens is 466 g/mol. The number of sulfonamides is 1. The SMILES string of the molecule is CC1=C(NS(=O)(=O)c2ccc(NC(=O)COc3ccc(-c4ccc(C)cc4)cc3)cc2)OCN1C. The van der Waals surface area contributed by atoms with E-state index in [2.05, 4.69) is 34.3 Å². The number of nitrogens with one attached hydrogen (secondary N) is 2. The van der Waals surface area contributed by atoms with Gasteiger partial charge in [0.05, 0.1) is 10.6 Å². The van der Waals surface area contributed by atoms with Gasteiger partial charge in [0.25, 0.3) is 15.9 Å². The fraction of sp³-hybridized carbons (Fsp3) is 0.192. The van der Waals surface area contributed by atoms with Gasteiger partial charge in [-0.25, -0.2) is 13.1 Å². The highest BCUT2D eigenvalue weighted by Crippen LogP contribution is 2.23. The topological polar surface area (TPSA) is 97.0 Å². The largest absolute Gasteiger partial charge is 0.484 e. The molecule has 1 heterocycles. The van der Waals surface area contributed by atoms with Crippen molar-refractivity contribution in [1.29, 1.82) is 0 Å². The number of allylic oxidation sites excluding steroid dienone is 1. The molecule has 0 atom stereocenters. The molecule has 0 bridgehead atoms. The minimum atomic E-state index is -3.81. The maximum atomic E-state index is 12.6. The van der Waals surface area contributed by atoms with Gasteiger partial charge in [0.2, 0.25) is 5.88 Å². The van der Waals surface area contributed by atoms with Gasteiger partial charge in [-0.2, -0.15) is 0 Å². The summed E-state index contributed by atoms with van der Waals surface area (Å²) in [5.41, 5.74) is 4.52. The number of benzene rings is 3. The van der Waals surface area contributed by atoms with Crippen molar-refractivity contribution in [1.82, 2.24) is 9.62 Å². The fourth-order valence-corrected chi connectivity index (χ4v) is 4.44. The molecule has 0 radical (unpaired) electrons. The van der Waals surface area contributed by atoms with Gasteiger partial charge in [-0.1, -0.05) is 42.0 Å². The van der Waals surface area contributed by atoms with E-state index in [1.807, 2.05) is 31.2 Å². The molecular formula is C26H27N3O5S. The van der Waals surface area contributed by atoms with Crippen LogP contribution >= 0.6 is 0 Å². The van der Waals surface area contributed by atoms with E-state index in [-0.39, 0.29) is 30.0 Å². The van der Waals surface area contributed by atoms with Gasteiger partial charge in [-0.3, -0.25) is 4.79 Å². The number of hydrogen-bond donors (Lipinski definition) is 2. The Kier molecular flexibility index (Phi) is 6.97. The molecule has 0 aromatic heterocycles. The maximum Gasteiger partial charge on any atom is 0.264 e. The van der Waals surface area contributed by atoms with Gasteiger partial charge in [-0.15, -0.1) is 0 Å². The lowest BCUT2D eigenvalue weighted by Gasteiger charge is -2.11. The van der Waals surface area contributed by atoms with Gasteiger partial charge in [0, 0.05) is 12.7 Å². The number of rotatable bonds is 8. The molecule has 3 aromatic carbocycles. The van der Waals surface area contributed by atoms with E-state index in [4.69, 9.17) is 9.47 Å². The summed E-state index contributed by atoms with van der Waals surface area (Å²) in [6.07, 6.45) is 0. The Bertz CT molecular complexity index is 1330. The van der Waals surface area contributed by atoms with Gasteiger partial charge in [-0.05, 0) is 61.4 Å². The predicted octanol–water partition coefficient (Wildman–Crippen LogP) is 4.07. The lowest BCUT2D eigenvalue weighted by atomic mass is 10.0. The van der Waals surface area contributed by atoms with Crippen LogP contribution in [0.3, 0.4) is 0 Å². The first-order chi connectivity index (χ1) is 16.7. The zero-order chi connectivity index (χ0) is 25.0. The molecule has 8 nitrogen and oxygen atoms in total. The Morgan fingerprint density at radius 3 is 2.11 bits per heavy atom. The van der Waals surface area contributed by atoms with Crippen LogP contribution in [0.25, 0.3) is 11.1 Å². The second-order valence-electron chi connectivity index (χ2n) is 8.24. The molecule has 35 heavy (non-hydrogen) atoms. The van der Waals surface area contributed by atoms with Crippen LogP contribution in [0, 0.1) is 6.92 Å². The molecule has 182 valence electrons. The number of ether oxygens (including phenoxy) is 2. The Morgan fingerprint density at radius 2 is 1.54 bits per heavy atom. The molecule has 2 N–H and O–H groups in total. The van der Waals surface area contributed by atoms with Crippen LogP contribution in [0.2, 0.25) is 0 Å². The molecule has 0 unspecified atom stereocenters. The van der Waals surface area contributed by atoms with Crippen molar-refractivity contribution in [3.05, 3.63) is 89.9 Å². The normalized spacial score (nSPS) is 13.4. The zero-order valence-corrected chi connectivity index (χ0v) is 20.6. The third-order valence-electron chi connectivity index (χ3n) is 5.59. The van der Waals surface area contributed by atoms with Crippen molar-refractivity contribution in [2.45, 2.75) is 18.7 Å². The monoisotopic (exact) mass is 493 g/mol. The first-order valence-electron chi connectivity index (χ1n) is 11.0. The summed E-state index contributed by atoms with van der Waals surface area (Å²) >= 11 is 0. The van der Waals surface area contributed by atoms with E-state index >= 15 is 0 Å². The highest BCUT2D eigenvalue weighted by Gasteiger charge is 2.23. The molecule has 1 aliphatic rings. The van der Waals surface area contributed by atoms with Crippen molar-refractivity contribution in [2.75, 3.05) is 25.7 Å². The van der Waals surface area contributed by atoms with Crippen molar-refractivity contribution in [3.8, 4) is 16.9 Å². The standard InChI is InChI=1S/C26H27N3O5S/c1-18-4-6-20(7-5-18)21-8-12-23(13-9-21)33-16-25(30)27-22-10-14-24(15-11-22)35(31,32)28-26-19(2)29(3)17-34-26/h4-15,28H,16-17H2,1-3H3,(H,27,30). The number of nitrogens with zero attached hydrogens (tertiary/aromatic N) is 1. The Balaban J connectivity index is 1.30. The van der Waals surface area contributed by atoms with Crippen molar-refractivity contribution >= 4 is 21.6 Å². The molecule has 0 spiro atoms. The summed E-state index contributed by atoms with van der Waals surface area (Å²) in [7, 11) is -2.01. The van der Waals surface area contributed by atoms with Gasteiger partial charge in [0.1, 0.15) is 5.75 Å². The van der Waals surface area contributed by atoms with Crippen LogP contribution in [-0.4, -0.2) is 39.6 Å². The molecule has 0 saturated heterocycles. The van der Waals surface area contributed by atoms with E-state index in [1.54, 1.807) is 18.9 Å². The van der Waals surface area contributed by atoms with Crippen LogP contribution in [0.15, 0.2) is 89.3 Å². The Morgan fingerprint density at radius 1 is 0.943 bits per heavy atom. The smallest absolute Gasteiger partial charge is 0.264 e. The van der Waals surface area contributed by atoms with E-state index in [9.17, 15) is 13.2 Å². The Hall–Kier alpha value is -3.98. The van der Waals surface area contributed by atoms with E-state index in [1.165, 1.54) is 29.8 Å².